The zero-order valence-corrected chi connectivity index (χ0v) is 15.0. The summed E-state index contributed by atoms with van der Waals surface area (Å²) in [7, 11) is 0. The summed E-state index contributed by atoms with van der Waals surface area (Å²) in [6.07, 6.45) is 3.65. The molecule has 8 unspecified atom stereocenters. The molecule has 0 aliphatic heterocycles. The van der Waals surface area contributed by atoms with Gasteiger partial charge in [0.15, 0.2) is 0 Å². The van der Waals surface area contributed by atoms with E-state index in [1.807, 2.05) is 0 Å². The molecule has 0 saturated heterocycles. The van der Waals surface area contributed by atoms with Gasteiger partial charge in [0.05, 0.1) is 17.4 Å². The van der Waals surface area contributed by atoms with Gasteiger partial charge in [0.25, 0.3) is 0 Å². The Hall–Kier alpha value is -1.36. The van der Waals surface area contributed by atoms with Crippen molar-refractivity contribution in [2.45, 2.75) is 58.5 Å². The van der Waals surface area contributed by atoms with Crippen molar-refractivity contribution in [3.63, 3.8) is 0 Å². The highest BCUT2D eigenvalue weighted by molar-refractivity contribution is 5.80. The molecule has 0 amide bonds. The minimum Gasteiger partial charge on any atom is -0.481 e. The third-order valence-corrected chi connectivity index (χ3v) is 8.74. The van der Waals surface area contributed by atoms with Gasteiger partial charge in [-0.25, -0.2) is 0 Å². The van der Waals surface area contributed by atoms with Gasteiger partial charge in [-0.15, -0.1) is 0 Å². The Labute approximate surface area is 148 Å². The smallest absolute Gasteiger partial charge is 0.312 e. The molecule has 8 atom stereocenters. The molecule has 4 rings (SSSR count). The maximum Gasteiger partial charge on any atom is 0.312 e. The molecule has 5 heteroatoms. The van der Waals surface area contributed by atoms with Crippen LogP contribution >= 0.6 is 0 Å². The number of fused-ring (bicyclic) bond motifs is 3. The predicted octanol–water partition coefficient (Wildman–Crippen LogP) is 2.93. The normalized spacial score (nSPS) is 54.0. The van der Waals surface area contributed by atoms with Crippen LogP contribution in [0.5, 0.6) is 0 Å². The van der Waals surface area contributed by atoms with Crippen LogP contribution in [0.3, 0.4) is 0 Å². The van der Waals surface area contributed by atoms with Gasteiger partial charge in [0.2, 0.25) is 0 Å². The maximum atomic E-state index is 12.5. The van der Waals surface area contributed by atoms with Crippen molar-refractivity contribution in [1.29, 1.82) is 0 Å². The fourth-order valence-corrected chi connectivity index (χ4v) is 7.82. The second kappa shape index (κ2) is 4.87. The molecule has 1 spiro atoms. The van der Waals surface area contributed by atoms with Gasteiger partial charge in [-0.2, -0.15) is 0 Å². The van der Waals surface area contributed by atoms with E-state index in [1.54, 1.807) is 6.92 Å². The number of aliphatic hydroxyl groups is 1. The number of carbonyl (C=O) groups is 2. The number of hydrogen-bond acceptors (Lipinski definition) is 3. The Morgan fingerprint density at radius 2 is 1.84 bits per heavy atom. The Morgan fingerprint density at radius 1 is 1.16 bits per heavy atom. The van der Waals surface area contributed by atoms with Crippen LogP contribution in [0.2, 0.25) is 0 Å². The van der Waals surface area contributed by atoms with Crippen LogP contribution in [-0.4, -0.2) is 33.4 Å². The molecular formula is C20H28O5. The van der Waals surface area contributed by atoms with Crippen LogP contribution < -0.4 is 0 Å². The van der Waals surface area contributed by atoms with Gasteiger partial charge in [-0.3, -0.25) is 9.59 Å². The number of allylic oxidation sites excluding steroid dienone is 1. The highest BCUT2D eigenvalue weighted by Crippen LogP contribution is 2.77. The first-order valence-electron chi connectivity index (χ1n) is 9.41. The topological polar surface area (TPSA) is 94.8 Å². The molecule has 0 radical (unpaired) electrons. The third-order valence-electron chi connectivity index (χ3n) is 8.74. The molecule has 0 heterocycles. The standard InChI is InChI=1S/C20H28O5/c1-10-8-20-9-11(10)4-5-12(20)18(2)7-6-13(21)19(3,17(24)25)15(18)14(20)16(22)23/h11-15,21H,1,4-9H2,2-3H3,(H,22,23)(H,24,25). The Balaban J connectivity index is 1.94. The van der Waals surface area contributed by atoms with E-state index >= 15 is 0 Å². The van der Waals surface area contributed by atoms with E-state index in [2.05, 4.69) is 13.5 Å². The van der Waals surface area contributed by atoms with Crippen molar-refractivity contribution in [1.82, 2.24) is 0 Å². The van der Waals surface area contributed by atoms with E-state index < -0.39 is 35.3 Å². The second-order valence-corrected chi connectivity index (χ2v) is 9.54. The molecule has 0 aromatic heterocycles. The highest BCUT2D eigenvalue weighted by atomic mass is 16.4. The van der Waals surface area contributed by atoms with Gasteiger partial charge in [0, 0.05) is 0 Å². The molecule has 25 heavy (non-hydrogen) atoms. The first kappa shape index (κ1) is 17.1. The maximum absolute atomic E-state index is 12.5. The summed E-state index contributed by atoms with van der Waals surface area (Å²) < 4.78 is 0. The van der Waals surface area contributed by atoms with Crippen LogP contribution in [0, 0.1) is 39.9 Å². The van der Waals surface area contributed by atoms with Crippen molar-refractivity contribution < 1.29 is 24.9 Å². The predicted molar refractivity (Wildman–Crippen MR) is 90.7 cm³/mol. The van der Waals surface area contributed by atoms with E-state index in [-0.39, 0.29) is 16.7 Å². The first-order valence-corrected chi connectivity index (χ1v) is 9.41. The second-order valence-electron chi connectivity index (χ2n) is 9.54. The van der Waals surface area contributed by atoms with Crippen molar-refractivity contribution in [3.05, 3.63) is 12.2 Å². The van der Waals surface area contributed by atoms with Crippen molar-refractivity contribution in [2.75, 3.05) is 0 Å². The number of hydrogen-bond donors (Lipinski definition) is 3. The zero-order valence-electron chi connectivity index (χ0n) is 15.0. The molecular weight excluding hydrogens is 320 g/mol. The number of carboxylic acids is 2. The van der Waals surface area contributed by atoms with Crippen LogP contribution in [0.1, 0.15) is 52.4 Å². The lowest BCUT2D eigenvalue weighted by Gasteiger charge is -2.52. The summed E-state index contributed by atoms with van der Waals surface area (Å²) in [5, 5.41) is 30.8. The lowest BCUT2D eigenvalue weighted by Crippen LogP contribution is -2.57. The van der Waals surface area contributed by atoms with Gasteiger partial charge in [-0.05, 0) is 74.0 Å². The minimum absolute atomic E-state index is 0.202. The molecule has 3 N–H and O–H groups in total. The van der Waals surface area contributed by atoms with E-state index in [0.29, 0.717) is 25.2 Å². The van der Waals surface area contributed by atoms with E-state index in [0.717, 1.165) is 24.8 Å². The fourth-order valence-electron chi connectivity index (χ4n) is 7.82. The van der Waals surface area contributed by atoms with E-state index in [1.165, 1.54) is 0 Å². The largest absolute Gasteiger partial charge is 0.481 e. The van der Waals surface area contributed by atoms with Crippen molar-refractivity contribution in [2.24, 2.45) is 39.9 Å². The van der Waals surface area contributed by atoms with E-state index in [4.69, 9.17) is 0 Å². The van der Waals surface area contributed by atoms with Crippen LogP contribution in [-0.2, 0) is 9.59 Å². The molecule has 0 aromatic rings. The summed E-state index contributed by atoms with van der Waals surface area (Å²) in [4.78, 5) is 24.7. The van der Waals surface area contributed by atoms with Gasteiger partial charge in [-0.1, -0.05) is 19.1 Å². The molecule has 4 saturated carbocycles. The molecule has 4 aliphatic rings. The number of rotatable bonds is 2. The Bertz CT molecular complexity index is 671. The Kier molecular flexibility index (Phi) is 3.33. The summed E-state index contributed by atoms with van der Waals surface area (Å²) >= 11 is 0. The lowest BCUT2D eigenvalue weighted by atomic mass is 9.52. The first-order chi connectivity index (χ1) is 11.6. The molecule has 5 nitrogen and oxygen atoms in total. The van der Waals surface area contributed by atoms with E-state index in [9.17, 15) is 24.9 Å². The lowest BCUT2D eigenvalue weighted by molar-refractivity contribution is -0.181. The average molecular weight is 348 g/mol. The summed E-state index contributed by atoms with van der Waals surface area (Å²) in [6.45, 7) is 7.89. The summed E-state index contributed by atoms with van der Waals surface area (Å²) in [5.74, 6) is -2.65. The van der Waals surface area contributed by atoms with Crippen LogP contribution in [0.15, 0.2) is 12.2 Å². The molecule has 138 valence electrons. The molecule has 0 aromatic carbocycles. The Morgan fingerprint density at radius 3 is 2.44 bits per heavy atom. The average Bonchev–Trinajstić information content (AvgIpc) is 2.91. The van der Waals surface area contributed by atoms with Gasteiger partial charge < -0.3 is 15.3 Å². The molecule has 4 aliphatic carbocycles. The molecule has 4 fully saturated rings. The highest BCUT2D eigenvalue weighted by Gasteiger charge is 2.76. The summed E-state index contributed by atoms with van der Waals surface area (Å²) in [5.41, 5.74) is -1.01. The van der Waals surface area contributed by atoms with Gasteiger partial charge >= 0.3 is 11.9 Å². The van der Waals surface area contributed by atoms with Crippen molar-refractivity contribution >= 4 is 11.9 Å². The van der Waals surface area contributed by atoms with Gasteiger partial charge in [0.1, 0.15) is 0 Å². The third kappa shape index (κ3) is 1.78. The van der Waals surface area contributed by atoms with Crippen LogP contribution in [0.4, 0.5) is 0 Å². The SMILES string of the molecule is C=C1CC23CC1CCC2C1(C)CCC(O)C(C)(C(=O)O)C1C3C(=O)O. The number of aliphatic hydroxyl groups excluding tert-OH is 1. The minimum atomic E-state index is -1.42. The quantitative estimate of drug-likeness (QED) is 0.667. The zero-order chi connectivity index (χ0) is 18.4. The van der Waals surface area contributed by atoms with Crippen molar-refractivity contribution in [3.8, 4) is 0 Å². The van der Waals surface area contributed by atoms with Crippen LogP contribution in [0.25, 0.3) is 0 Å². The summed E-state index contributed by atoms with van der Waals surface area (Å²) in [6, 6.07) is 0. The number of aliphatic carboxylic acids is 2. The monoisotopic (exact) mass is 348 g/mol. The fraction of sp³-hybridized carbons (Fsp3) is 0.800. The number of carboxylic acid groups (broad SMARTS) is 2. The molecule has 2 bridgehead atoms.